The van der Waals surface area contributed by atoms with Gasteiger partial charge >= 0.3 is 5.97 Å². The van der Waals surface area contributed by atoms with Gasteiger partial charge in [0.05, 0.1) is 28.4 Å². The second-order valence-corrected chi connectivity index (χ2v) is 8.32. The summed E-state index contributed by atoms with van der Waals surface area (Å²) >= 11 is 0. The smallest absolute Gasteiger partial charge is 0.308 e. The number of hydrogen-bond donors (Lipinski definition) is 1. The molecule has 10 heteroatoms. The average Bonchev–Trinajstić information content (AvgIpc) is 2.59. The molecular formula is C19H21FN2O6S. The van der Waals surface area contributed by atoms with E-state index in [0.29, 0.717) is 0 Å². The van der Waals surface area contributed by atoms with Gasteiger partial charge < -0.3 is 4.74 Å². The summed E-state index contributed by atoms with van der Waals surface area (Å²) in [5.41, 5.74) is -0.168. The minimum absolute atomic E-state index is 0.0153. The fourth-order valence-corrected chi connectivity index (χ4v) is 4.25. The Balaban J connectivity index is 2.47. The van der Waals surface area contributed by atoms with E-state index in [0.717, 1.165) is 18.2 Å². The minimum Gasteiger partial charge on any atom is -0.463 e. The second-order valence-electron chi connectivity index (χ2n) is 6.64. The molecule has 1 unspecified atom stereocenters. The Morgan fingerprint density at radius 1 is 1.24 bits per heavy atom. The summed E-state index contributed by atoms with van der Waals surface area (Å²) in [6.45, 7) is 4.68. The van der Waals surface area contributed by atoms with Crippen molar-refractivity contribution in [3.8, 4) is 0 Å². The number of ether oxygens (including phenoxy) is 1. The molecule has 2 rings (SSSR count). The summed E-state index contributed by atoms with van der Waals surface area (Å²) in [6.07, 6.45) is -0.896. The van der Waals surface area contributed by atoms with Gasteiger partial charge in [-0.15, -0.1) is 0 Å². The third-order valence-electron chi connectivity index (χ3n) is 3.97. The van der Waals surface area contributed by atoms with Gasteiger partial charge in [-0.25, -0.2) is 17.5 Å². The molecule has 156 valence electrons. The van der Waals surface area contributed by atoms with Crippen molar-refractivity contribution in [2.24, 2.45) is 0 Å². The normalized spacial score (nSPS) is 12.6. The van der Waals surface area contributed by atoms with Gasteiger partial charge in [0.25, 0.3) is 5.69 Å². The Bertz CT molecular complexity index is 1020. The zero-order valence-corrected chi connectivity index (χ0v) is 16.9. The Hall–Kier alpha value is -2.85. The number of esters is 1. The van der Waals surface area contributed by atoms with Gasteiger partial charge in [0, 0.05) is 11.6 Å². The van der Waals surface area contributed by atoms with Crippen molar-refractivity contribution in [3.63, 3.8) is 0 Å². The standard InChI is InChI=1S/C19H21FN2O6S/c1-12(2)28-19(23)11-16(15-6-4-5-7-17(15)22(24)25)21-29(26,27)18-9-8-14(20)10-13(18)3/h4-10,12,16,21H,11H2,1-3H3. The van der Waals surface area contributed by atoms with E-state index in [4.69, 9.17) is 4.74 Å². The topological polar surface area (TPSA) is 116 Å². The molecule has 0 amide bonds. The molecule has 8 nitrogen and oxygen atoms in total. The molecule has 0 aromatic heterocycles. The van der Waals surface area contributed by atoms with Crippen molar-refractivity contribution in [2.75, 3.05) is 0 Å². The van der Waals surface area contributed by atoms with Gasteiger partial charge in [-0.3, -0.25) is 14.9 Å². The number of nitrogens with zero attached hydrogens (tertiary/aromatic N) is 1. The van der Waals surface area contributed by atoms with Gasteiger partial charge in [0.15, 0.2) is 0 Å². The Morgan fingerprint density at radius 3 is 2.48 bits per heavy atom. The van der Waals surface area contributed by atoms with E-state index < -0.39 is 45.3 Å². The highest BCUT2D eigenvalue weighted by atomic mass is 32.2. The van der Waals surface area contributed by atoms with Crippen LogP contribution in [0.3, 0.4) is 0 Å². The summed E-state index contributed by atoms with van der Waals surface area (Å²) in [7, 11) is -4.22. The number of carbonyl (C=O) groups excluding carboxylic acids is 1. The number of nitro groups is 1. The van der Waals surface area contributed by atoms with E-state index in [1.165, 1.54) is 31.2 Å². The summed E-state index contributed by atoms with van der Waals surface area (Å²) in [4.78, 5) is 22.7. The summed E-state index contributed by atoms with van der Waals surface area (Å²) in [6, 6.07) is 7.41. The zero-order valence-electron chi connectivity index (χ0n) is 16.1. The number of carbonyl (C=O) groups is 1. The van der Waals surface area contributed by atoms with Gasteiger partial charge in [-0.05, 0) is 44.5 Å². The monoisotopic (exact) mass is 424 g/mol. The van der Waals surface area contributed by atoms with Gasteiger partial charge in [0.2, 0.25) is 10.0 Å². The fourth-order valence-electron chi connectivity index (χ4n) is 2.81. The Morgan fingerprint density at radius 2 is 1.90 bits per heavy atom. The van der Waals surface area contributed by atoms with Crippen LogP contribution < -0.4 is 4.72 Å². The lowest BCUT2D eigenvalue weighted by molar-refractivity contribution is -0.385. The molecule has 1 atom stereocenters. The van der Waals surface area contributed by atoms with Crippen LogP contribution in [0.15, 0.2) is 47.4 Å². The van der Waals surface area contributed by atoms with Crippen molar-refractivity contribution in [1.29, 1.82) is 0 Å². The lowest BCUT2D eigenvalue weighted by Crippen LogP contribution is -2.32. The lowest BCUT2D eigenvalue weighted by Gasteiger charge is -2.20. The lowest BCUT2D eigenvalue weighted by atomic mass is 10.0. The molecule has 0 saturated heterocycles. The summed E-state index contributed by atoms with van der Waals surface area (Å²) < 4.78 is 46.5. The first-order valence-corrected chi connectivity index (χ1v) is 10.2. The second kappa shape index (κ2) is 9.10. The van der Waals surface area contributed by atoms with E-state index in [1.807, 2.05) is 0 Å². The molecule has 0 spiro atoms. The highest BCUT2D eigenvalue weighted by Gasteiger charge is 2.30. The SMILES string of the molecule is Cc1cc(F)ccc1S(=O)(=O)NC(CC(=O)OC(C)C)c1ccccc1[N+](=O)[O-]. The average molecular weight is 424 g/mol. The van der Waals surface area contributed by atoms with E-state index in [9.17, 15) is 27.7 Å². The predicted octanol–water partition coefficient (Wildman–Crippen LogP) is 3.40. The molecular weight excluding hydrogens is 403 g/mol. The van der Waals surface area contributed by atoms with Crippen LogP contribution in [0.4, 0.5) is 10.1 Å². The maximum absolute atomic E-state index is 13.3. The number of hydrogen-bond acceptors (Lipinski definition) is 6. The van der Waals surface area contributed by atoms with Crippen molar-refractivity contribution >= 4 is 21.7 Å². The van der Waals surface area contributed by atoms with Crippen molar-refractivity contribution in [3.05, 3.63) is 69.5 Å². The highest BCUT2D eigenvalue weighted by Crippen LogP contribution is 2.29. The first kappa shape index (κ1) is 22.4. The first-order chi connectivity index (χ1) is 13.5. The minimum atomic E-state index is -4.22. The number of halogens is 1. The first-order valence-electron chi connectivity index (χ1n) is 8.72. The van der Waals surface area contributed by atoms with Crippen LogP contribution in [0.5, 0.6) is 0 Å². The predicted molar refractivity (Wildman–Crippen MR) is 103 cm³/mol. The maximum Gasteiger partial charge on any atom is 0.308 e. The summed E-state index contributed by atoms with van der Waals surface area (Å²) in [5.74, 6) is -1.32. The van der Waals surface area contributed by atoms with Crippen LogP contribution >= 0.6 is 0 Å². The largest absolute Gasteiger partial charge is 0.463 e. The van der Waals surface area contributed by atoms with Crippen LogP contribution in [0, 0.1) is 22.9 Å². The highest BCUT2D eigenvalue weighted by molar-refractivity contribution is 7.89. The molecule has 29 heavy (non-hydrogen) atoms. The van der Waals surface area contributed by atoms with Gasteiger partial charge in [0.1, 0.15) is 5.82 Å². The van der Waals surface area contributed by atoms with Crippen LogP contribution in [0.1, 0.15) is 37.4 Å². The molecule has 0 aliphatic rings. The maximum atomic E-state index is 13.3. The van der Waals surface area contributed by atoms with E-state index in [1.54, 1.807) is 13.8 Å². The Labute approximate surface area is 167 Å². The molecule has 0 bridgehead atoms. The van der Waals surface area contributed by atoms with Crippen molar-refractivity contribution in [2.45, 2.75) is 44.2 Å². The molecule has 0 saturated carbocycles. The number of para-hydroxylation sites is 1. The third-order valence-corrected chi connectivity index (χ3v) is 5.60. The number of aryl methyl sites for hydroxylation is 1. The number of nitrogens with one attached hydrogen (secondary N) is 1. The van der Waals surface area contributed by atoms with E-state index >= 15 is 0 Å². The molecule has 0 heterocycles. The zero-order chi connectivity index (χ0) is 21.8. The van der Waals surface area contributed by atoms with E-state index in [-0.39, 0.29) is 21.7 Å². The molecule has 0 fully saturated rings. The Kier molecular flexibility index (Phi) is 7.04. The van der Waals surface area contributed by atoms with Gasteiger partial charge in [-0.1, -0.05) is 18.2 Å². The molecule has 2 aromatic carbocycles. The fraction of sp³-hybridized carbons (Fsp3) is 0.316. The van der Waals surface area contributed by atoms with E-state index in [2.05, 4.69) is 4.72 Å². The van der Waals surface area contributed by atoms with Crippen molar-refractivity contribution < 1.29 is 27.3 Å². The summed E-state index contributed by atoms with van der Waals surface area (Å²) in [5, 5.41) is 11.4. The number of rotatable bonds is 8. The molecule has 0 aliphatic heterocycles. The quantitative estimate of drug-likeness (QED) is 0.394. The number of nitro benzene ring substituents is 1. The molecule has 0 radical (unpaired) electrons. The van der Waals surface area contributed by atoms with Crippen LogP contribution in [0.2, 0.25) is 0 Å². The number of benzene rings is 2. The van der Waals surface area contributed by atoms with Crippen LogP contribution in [-0.4, -0.2) is 25.4 Å². The molecule has 1 N–H and O–H groups in total. The van der Waals surface area contributed by atoms with Crippen molar-refractivity contribution in [1.82, 2.24) is 4.72 Å². The van der Waals surface area contributed by atoms with Gasteiger partial charge in [-0.2, -0.15) is 0 Å². The third kappa shape index (κ3) is 5.81. The molecule has 2 aromatic rings. The molecule has 0 aliphatic carbocycles. The number of sulfonamides is 1. The van der Waals surface area contributed by atoms with Crippen LogP contribution in [0.25, 0.3) is 0 Å². The van der Waals surface area contributed by atoms with Crippen LogP contribution in [-0.2, 0) is 19.6 Å².